The van der Waals surface area contributed by atoms with Crippen LogP contribution in [0.4, 0.5) is 4.39 Å². The molecule has 0 amide bonds. The van der Waals surface area contributed by atoms with Crippen LogP contribution in [0.25, 0.3) is 0 Å². The van der Waals surface area contributed by atoms with Gasteiger partial charge < -0.3 is 14.6 Å². The Morgan fingerprint density at radius 2 is 1.93 bits per heavy atom. The van der Waals surface area contributed by atoms with E-state index in [1.165, 1.54) is 20.3 Å². The van der Waals surface area contributed by atoms with Crippen LogP contribution in [0.5, 0.6) is 11.5 Å². The van der Waals surface area contributed by atoms with Gasteiger partial charge in [-0.3, -0.25) is 0 Å². The minimum Gasteiger partial charge on any atom is -0.496 e. The highest BCUT2D eigenvalue weighted by molar-refractivity contribution is 9.10. The third-order valence-electron chi connectivity index (χ3n) is 1.79. The summed E-state index contributed by atoms with van der Waals surface area (Å²) in [6, 6.07) is 1.30. The zero-order valence-electron chi connectivity index (χ0n) is 8.01. The monoisotopic (exact) mass is 278 g/mol. The first-order valence-corrected chi connectivity index (χ1v) is 4.65. The fourth-order valence-corrected chi connectivity index (χ4v) is 1.56. The molecule has 0 saturated heterocycles. The van der Waals surface area contributed by atoms with Crippen molar-refractivity contribution in [3.05, 3.63) is 21.9 Å². The first-order chi connectivity index (χ1) is 7.02. The Hall–Kier alpha value is -1.30. The molecule has 0 heterocycles. The van der Waals surface area contributed by atoms with Crippen LogP contribution in [0.15, 0.2) is 10.5 Å². The quantitative estimate of drug-likeness (QED) is 0.922. The summed E-state index contributed by atoms with van der Waals surface area (Å²) in [5, 5.41) is 8.78. The van der Waals surface area contributed by atoms with E-state index in [0.29, 0.717) is 0 Å². The van der Waals surface area contributed by atoms with Crippen molar-refractivity contribution in [2.75, 3.05) is 14.2 Å². The summed E-state index contributed by atoms with van der Waals surface area (Å²) >= 11 is 2.90. The number of hydrogen-bond donors (Lipinski definition) is 1. The van der Waals surface area contributed by atoms with Crippen LogP contribution >= 0.6 is 15.9 Å². The molecular weight excluding hydrogens is 271 g/mol. The molecule has 0 radical (unpaired) electrons. The predicted octanol–water partition coefficient (Wildman–Crippen LogP) is 2.30. The van der Waals surface area contributed by atoms with E-state index in [4.69, 9.17) is 14.6 Å². The Labute approximate surface area is 93.7 Å². The molecule has 0 unspecified atom stereocenters. The lowest BCUT2D eigenvalue weighted by Crippen LogP contribution is -2.05. The molecule has 0 aliphatic carbocycles. The van der Waals surface area contributed by atoms with E-state index in [2.05, 4.69) is 15.9 Å². The zero-order valence-corrected chi connectivity index (χ0v) is 9.59. The Morgan fingerprint density at radius 3 is 2.33 bits per heavy atom. The highest BCUT2D eigenvalue weighted by Crippen LogP contribution is 2.36. The molecule has 0 fully saturated rings. The van der Waals surface area contributed by atoms with E-state index in [-0.39, 0.29) is 16.0 Å². The number of aromatic carboxylic acids is 1. The Balaban J connectivity index is 3.51. The largest absolute Gasteiger partial charge is 0.496 e. The molecule has 0 aliphatic rings. The third kappa shape index (κ3) is 2.04. The third-order valence-corrected chi connectivity index (χ3v) is 2.53. The van der Waals surface area contributed by atoms with Gasteiger partial charge in [-0.15, -0.1) is 0 Å². The first kappa shape index (κ1) is 11.8. The Morgan fingerprint density at radius 1 is 1.40 bits per heavy atom. The number of hydrogen-bond acceptors (Lipinski definition) is 3. The molecular formula is C9H8BrFO4. The van der Waals surface area contributed by atoms with E-state index >= 15 is 0 Å². The molecule has 0 aromatic heterocycles. The van der Waals surface area contributed by atoms with Crippen molar-refractivity contribution in [2.45, 2.75) is 0 Å². The van der Waals surface area contributed by atoms with Gasteiger partial charge in [0.05, 0.1) is 18.7 Å². The van der Waals surface area contributed by atoms with Gasteiger partial charge in [0.1, 0.15) is 17.1 Å². The van der Waals surface area contributed by atoms with Gasteiger partial charge in [-0.25, -0.2) is 9.18 Å². The average Bonchev–Trinajstić information content (AvgIpc) is 2.20. The maximum Gasteiger partial charge on any atom is 0.342 e. The van der Waals surface area contributed by atoms with Crippen molar-refractivity contribution < 1.29 is 23.8 Å². The fraction of sp³-hybridized carbons (Fsp3) is 0.222. The van der Waals surface area contributed by atoms with Gasteiger partial charge in [0, 0.05) is 6.07 Å². The SMILES string of the molecule is COc1cc(OC)c(C(=O)O)c(F)c1Br. The van der Waals surface area contributed by atoms with Gasteiger partial charge >= 0.3 is 5.97 Å². The minimum absolute atomic E-state index is 0.0387. The van der Waals surface area contributed by atoms with Gasteiger partial charge in [-0.1, -0.05) is 0 Å². The second kappa shape index (κ2) is 4.48. The first-order valence-electron chi connectivity index (χ1n) is 3.86. The summed E-state index contributed by atoms with van der Waals surface area (Å²) in [5.41, 5.74) is -0.523. The van der Waals surface area contributed by atoms with Crippen LogP contribution in [0.3, 0.4) is 0 Å². The van der Waals surface area contributed by atoms with Gasteiger partial charge in [0.2, 0.25) is 0 Å². The number of rotatable bonds is 3. The van der Waals surface area contributed by atoms with Crippen LogP contribution < -0.4 is 9.47 Å². The summed E-state index contributed by atoms with van der Waals surface area (Å²) in [4.78, 5) is 10.8. The van der Waals surface area contributed by atoms with Crippen molar-refractivity contribution in [3.8, 4) is 11.5 Å². The number of carboxylic acids is 1. The minimum atomic E-state index is -1.40. The number of carboxylic acid groups (broad SMARTS) is 1. The maximum absolute atomic E-state index is 13.6. The lowest BCUT2D eigenvalue weighted by atomic mass is 10.2. The molecule has 4 nitrogen and oxygen atoms in total. The second-order valence-electron chi connectivity index (χ2n) is 2.59. The standard InChI is InChI=1S/C9H8BrFO4/c1-14-4-3-5(15-2)7(10)8(11)6(4)9(12)13/h3H,1-2H3,(H,12,13). The van der Waals surface area contributed by atoms with Crippen molar-refractivity contribution in [1.29, 1.82) is 0 Å². The highest BCUT2D eigenvalue weighted by atomic mass is 79.9. The molecule has 1 aromatic carbocycles. The smallest absolute Gasteiger partial charge is 0.342 e. The average molecular weight is 279 g/mol. The Bertz CT molecular complexity index is 406. The summed E-state index contributed by atoms with van der Waals surface area (Å²) in [6.45, 7) is 0. The van der Waals surface area contributed by atoms with Crippen LogP contribution in [-0.4, -0.2) is 25.3 Å². The van der Waals surface area contributed by atoms with Gasteiger partial charge in [0.25, 0.3) is 0 Å². The van der Waals surface area contributed by atoms with Gasteiger partial charge in [0.15, 0.2) is 5.82 Å². The molecule has 0 atom stereocenters. The molecule has 0 spiro atoms. The van der Waals surface area contributed by atoms with Crippen LogP contribution in [0.1, 0.15) is 10.4 Å². The van der Waals surface area contributed by atoms with Crippen LogP contribution in [0.2, 0.25) is 0 Å². The van der Waals surface area contributed by atoms with E-state index in [1.54, 1.807) is 0 Å². The summed E-state index contributed by atoms with van der Waals surface area (Å²) in [7, 11) is 2.61. The molecule has 82 valence electrons. The zero-order chi connectivity index (χ0) is 11.6. The lowest BCUT2D eigenvalue weighted by molar-refractivity contribution is 0.0687. The number of ether oxygens (including phenoxy) is 2. The van der Waals surface area contributed by atoms with E-state index in [9.17, 15) is 9.18 Å². The van der Waals surface area contributed by atoms with E-state index in [1.807, 2.05) is 0 Å². The molecule has 0 bridgehead atoms. The predicted molar refractivity (Wildman–Crippen MR) is 54.2 cm³/mol. The Kier molecular flexibility index (Phi) is 3.52. The maximum atomic E-state index is 13.6. The topological polar surface area (TPSA) is 55.8 Å². The summed E-state index contributed by atoms with van der Waals surface area (Å²) in [5.74, 6) is -2.22. The van der Waals surface area contributed by atoms with Crippen molar-refractivity contribution >= 4 is 21.9 Å². The van der Waals surface area contributed by atoms with Gasteiger partial charge in [-0.05, 0) is 15.9 Å². The normalized spacial score (nSPS) is 9.87. The molecule has 15 heavy (non-hydrogen) atoms. The molecule has 0 aliphatic heterocycles. The molecule has 1 aromatic rings. The molecule has 6 heteroatoms. The highest BCUT2D eigenvalue weighted by Gasteiger charge is 2.22. The van der Waals surface area contributed by atoms with Crippen LogP contribution in [0, 0.1) is 5.82 Å². The van der Waals surface area contributed by atoms with Crippen LogP contribution in [-0.2, 0) is 0 Å². The van der Waals surface area contributed by atoms with Crippen molar-refractivity contribution in [1.82, 2.24) is 0 Å². The van der Waals surface area contributed by atoms with Crippen molar-refractivity contribution in [2.24, 2.45) is 0 Å². The number of benzene rings is 1. The number of carbonyl (C=O) groups is 1. The molecule has 1 N–H and O–H groups in total. The number of methoxy groups -OCH3 is 2. The summed E-state index contributed by atoms with van der Waals surface area (Å²) in [6.07, 6.45) is 0. The lowest BCUT2D eigenvalue weighted by Gasteiger charge is -2.10. The van der Waals surface area contributed by atoms with E-state index < -0.39 is 17.3 Å². The molecule has 1 rings (SSSR count). The van der Waals surface area contributed by atoms with Crippen molar-refractivity contribution in [3.63, 3.8) is 0 Å². The summed E-state index contributed by atoms with van der Waals surface area (Å²) < 4.78 is 23.1. The van der Waals surface area contributed by atoms with E-state index in [0.717, 1.165) is 0 Å². The molecule has 0 saturated carbocycles. The fourth-order valence-electron chi connectivity index (χ4n) is 1.09. The second-order valence-corrected chi connectivity index (χ2v) is 3.38. The van der Waals surface area contributed by atoms with Gasteiger partial charge in [-0.2, -0.15) is 0 Å². The number of halogens is 2.